The zero-order valence-corrected chi connectivity index (χ0v) is 11.0. The monoisotopic (exact) mass is 292 g/mol. The summed E-state index contributed by atoms with van der Waals surface area (Å²) >= 11 is 5.20. The lowest BCUT2D eigenvalue weighted by molar-refractivity contribution is 0.292. The highest BCUT2D eigenvalue weighted by Crippen LogP contribution is 2.19. The normalized spacial score (nSPS) is 10.8. The first kappa shape index (κ1) is 13.1. The SMILES string of the molecule is OCCNCCCNCc1cc(Br)cs1. The number of aliphatic hydroxyl groups is 1. The van der Waals surface area contributed by atoms with Crippen LogP contribution in [0.4, 0.5) is 0 Å². The molecular formula is C10H17BrN2OS. The van der Waals surface area contributed by atoms with Crippen molar-refractivity contribution in [2.75, 3.05) is 26.2 Å². The Hall–Kier alpha value is 0.0600. The number of hydrogen-bond donors (Lipinski definition) is 3. The summed E-state index contributed by atoms with van der Waals surface area (Å²) in [6.45, 7) is 3.82. The molecule has 0 fully saturated rings. The van der Waals surface area contributed by atoms with Crippen LogP contribution < -0.4 is 10.6 Å². The largest absolute Gasteiger partial charge is 0.395 e. The molecule has 86 valence electrons. The van der Waals surface area contributed by atoms with E-state index in [2.05, 4.69) is 38.0 Å². The van der Waals surface area contributed by atoms with Crippen LogP contribution in [0.5, 0.6) is 0 Å². The highest BCUT2D eigenvalue weighted by atomic mass is 79.9. The number of hydrogen-bond acceptors (Lipinski definition) is 4. The van der Waals surface area contributed by atoms with Gasteiger partial charge in [-0.25, -0.2) is 0 Å². The van der Waals surface area contributed by atoms with Gasteiger partial charge < -0.3 is 15.7 Å². The molecule has 0 aliphatic carbocycles. The van der Waals surface area contributed by atoms with Gasteiger partial charge in [-0.1, -0.05) is 0 Å². The van der Waals surface area contributed by atoms with Crippen LogP contribution in [0.2, 0.25) is 0 Å². The minimum atomic E-state index is 0.219. The lowest BCUT2D eigenvalue weighted by atomic mass is 10.4. The van der Waals surface area contributed by atoms with Gasteiger partial charge >= 0.3 is 0 Å². The summed E-state index contributed by atoms with van der Waals surface area (Å²) in [5.74, 6) is 0. The fourth-order valence-corrected chi connectivity index (χ4v) is 2.62. The molecule has 0 aromatic carbocycles. The molecular weight excluding hydrogens is 276 g/mol. The maximum absolute atomic E-state index is 8.54. The summed E-state index contributed by atoms with van der Waals surface area (Å²) in [5.41, 5.74) is 0. The highest BCUT2D eigenvalue weighted by Gasteiger charge is 1.96. The molecule has 0 saturated carbocycles. The van der Waals surface area contributed by atoms with Crippen LogP contribution in [0, 0.1) is 0 Å². The van der Waals surface area contributed by atoms with E-state index in [9.17, 15) is 0 Å². The van der Waals surface area contributed by atoms with Gasteiger partial charge in [0.2, 0.25) is 0 Å². The third kappa shape index (κ3) is 6.27. The molecule has 0 bridgehead atoms. The van der Waals surface area contributed by atoms with Gasteiger partial charge in [0.1, 0.15) is 0 Å². The molecule has 1 heterocycles. The zero-order chi connectivity index (χ0) is 10.9. The van der Waals surface area contributed by atoms with E-state index in [1.807, 2.05) is 0 Å². The van der Waals surface area contributed by atoms with Crippen molar-refractivity contribution in [3.8, 4) is 0 Å². The summed E-state index contributed by atoms with van der Waals surface area (Å²) in [6.07, 6.45) is 1.09. The second-order valence-corrected chi connectivity index (χ2v) is 5.15. The minimum Gasteiger partial charge on any atom is -0.395 e. The van der Waals surface area contributed by atoms with Crippen LogP contribution in [-0.2, 0) is 6.54 Å². The predicted octanol–water partition coefficient (Wildman–Crippen LogP) is 1.57. The van der Waals surface area contributed by atoms with E-state index < -0.39 is 0 Å². The molecule has 0 radical (unpaired) electrons. The Bertz CT molecular complexity index is 268. The van der Waals surface area contributed by atoms with Gasteiger partial charge in [0, 0.05) is 27.8 Å². The fraction of sp³-hybridized carbons (Fsp3) is 0.600. The van der Waals surface area contributed by atoms with Crippen LogP contribution in [0.1, 0.15) is 11.3 Å². The topological polar surface area (TPSA) is 44.3 Å². The fourth-order valence-electron chi connectivity index (χ4n) is 1.20. The molecule has 0 spiro atoms. The first-order valence-corrected chi connectivity index (χ1v) is 6.75. The van der Waals surface area contributed by atoms with Crippen molar-refractivity contribution >= 4 is 27.3 Å². The molecule has 0 atom stereocenters. The average molecular weight is 293 g/mol. The molecule has 15 heavy (non-hydrogen) atoms. The second-order valence-electron chi connectivity index (χ2n) is 3.24. The van der Waals surface area contributed by atoms with E-state index in [4.69, 9.17) is 5.11 Å². The molecule has 0 unspecified atom stereocenters. The van der Waals surface area contributed by atoms with Crippen LogP contribution in [0.25, 0.3) is 0 Å². The van der Waals surface area contributed by atoms with Crippen molar-refractivity contribution in [1.82, 2.24) is 10.6 Å². The molecule has 1 aromatic rings. The summed E-state index contributed by atoms with van der Waals surface area (Å²) < 4.78 is 1.16. The quantitative estimate of drug-likeness (QED) is 0.638. The van der Waals surface area contributed by atoms with E-state index >= 15 is 0 Å². The minimum absolute atomic E-state index is 0.219. The van der Waals surface area contributed by atoms with Crippen molar-refractivity contribution in [2.24, 2.45) is 0 Å². The molecule has 1 rings (SSSR count). The van der Waals surface area contributed by atoms with Crippen molar-refractivity contribution < 1.29 is 5.11 Å². The van der Waals surface area contributed by atoms with Crippen LogP contribution in [0.3, 0.4) is 0 Å². The summed E-state index contributed by atoms with van der Waals surface area (Å²) in [5, 5.41) is 17.2. The Kier molecular flexibility index (Phi) is 7.21. The van der Waals surface area contributed by atoms with Gasteiger partial charge in [0.05, 0.1) is 6.61 Å². The van der Waals surface area contributed by atoms with Gasteiger partial charge in [-0.2, -0.15) is 0 Å². The summed E-state index contributed by atoms with van der Waals surface area (Å²) in [7, 11) is 0. The van der Waals surface area contributed by atoms with E-state index in [1.165, 1.54) is 4.88 Å². The van der Waals surface area contributed by atoms with Gasteiger partial charge in [-0.3, -0.25) is 0 Å². The molecule has 0 saturated heterocycles. The number of halogens is 1. The lowest BCUT2D eigenvalue weighted by Gasteiger charge is -2.03. The summed E-state index contributed by atoms with van der Waals surface area (Å²) in [6, 6.07) is 2.14. The van der Waals surface area contributed by atoms with E-state index in [0.717, 1.165) is 30.5 Å². The maximum atomic E-state index is 8.54. The first-order chi connectivity index (χ1) is 7.33. The number of thiophene rings is 1. The smallest absolute Gasteiger partial charge is 0.0555 e. The number of aliphatic hydroxyl groups excluding tert-OH is 1. The van der Waals surface area contributed by atoms with Crippen LogP contribution in [-0.4, -0.2) is 31.3 Å². The van der Waals surface area contributed by atoms with E-state index in [1.54, 1.807) is 11.3 Å². The Morgan fingerprint density at radius 2 is 2.07 bits per heavy atom. The second kappa shape index (κ2) is 8.24. The molecule has 0 aliphatic rings. The van der Waals surface area contributed by atoms with E-state index in [0.29, 0.717) is 6.54 Å². The Morgan fingerprint density at radius 3 is 2.73 bits per heavy atom. The Balaban J connectivity index is 1.93. The van der Waals surface area contributed by atoms with Crippen LogP contribution in [0.15, 0.2) is 15.9 Å². The molecule has 0 amide bonds. The van der Waals surface area contributed by atoms with Gasteiger partial charge in [-0.05, 0) is 41.5 Å². The highest BCUT2D eigenvalue weighted by molar-refractivity contribution is 9.10. The summed E-state index contributed by atoms with van der Waals surface area (Å²) in [4.78, 5) is 1.35. The maximum Gasteiger partial charge on any atom is 0.0555 e. The zero-order valence-electron chi connectivity index (χ0n) is 8.63. The van der Waals surface area contributed by atoms with Gasteiger partial charge in [0.25, 0.3) is 0 Å². The first-order valence-electron chi connectivity index (χ1n) is 5.08. The van der Waals surface area contributed by atoms with Gasteiger partial charge in [0.15, 0.2) is 0 Å². The van der Waals surface area contributed by atoms with Crippen molar-refractivity contribution in [1.29, 1.82) is 0 Å². The van der Waals surface area contributed by atoms with Crippen molar-refractivity contribution in [3.63, 3.8) is 0 Å². The molecule has 1 aromatic heterocycles. The standard InChI is InChI=1S/C10H17BrN2OS/c11-9-6-10(15-8-9)7-13-3-1-2-12-4-5-14/h6,8,12-14H,1-5,7H2. The molecule has 0 aliphatic heterocycles. The third-order valence-corrected chi connectivity index (χ3v) is 3.61. The van der Waals surface area contributed by atoms with E-state index in [-0.39, 0.29) is 6.61 Å². The van der Waals surface area contributed by atoms with Crippen molar-refractivity contribution in [3.05, 3.63) is 20.8 Å². The Labute approximate surface area is 103 Å². The molecule has 5 heteroatoms. The molecule has 3 nitrogen and oxygen atoms in total. The lowest BCUT2D eigenvalue weighted by Crippen LogP contribution is -2.23. The number of nitrogens with one attached hydrogen (secondary N) is 2. The Morgan fingerprint density at radius 1 is 1.27 bits per heavy atom. The van der Waals surface area contributed by atoms with Crippen LogP contribution >= 0.6 is 27.3 Å². The molecule has 3 N–H and O–H groups in total. The van der Waals surface area contributed by atoms with Crippen molar-refractivity contribution in [2.45, 2.75) is 13.0 Å². The average Bonchev–Trinajstić information content (AvgIpc) is 2.63. The van der Waals surface area contributed by atoms with Gasteiger partial charge in [-0.15, -0.1) is 11.3 Å². The third-order valence-electron chi connectivity index (χ3n) is 1.92. The predicted molar refractivity (Wildman–Crippen MR) is 68.3 cm³/mol. The number of rotatable bonds is 8.